The Morgan fingerprint density at radius 1 is 0.879 bits per heavy atom. The number of nitriles is 1. The summed E-state index contributed by atoms with van der Waals surface area (Å²) in [6.07, 6.45) is 3.29. The van der Waals surface area contributed by atoms with Crippen molar-refractivity contribution in [2.24, 2.45) is 11.8 Å². The fraction of sp³-hybridized carbons (Fsp3) is 0.480. The first-order valence-corrected chi connectivity index (χ1v) is 11.1. The fourth-order valence-electron chi connectivity index (χ4n) is 4.55. The van der Waals surface area contributed by atoms with E-state index in [0.717, 1.165) is 50.2 Å². The van der Waals surface area contributed by atoms with Crippen LogP contribution in [0.25, 0.3) is 0 Å². The average molecular weight is 469 g/mol. The highest BCUT2D eigenvalue weighted by Crippen LogP contribution is 2.37. The molecule has 1 fully saturated rings. The lowest BCUT2D eigenvalue weighted by Crippen LogP contribution is -2.25. The maximum atomic E-state index is 14.5. The zero-order valence-corrected chi connectivity index (χ0v) is 18.2. The van der Waals surface area contributed by atoms with E-state index in [9.17, 15) is 26.3 Å². The van der Waals surface area contributed by atoms with E-state index in [0.29, 0.717) is 30.9 Å². The minimum atomic E-state index is -4.53. The molecule has 3 rings (SSSR count). The molecule has 2 aromatic carbocycles. The molecule has 0 amide bonds. The van der Waals surface area contributed by atoms with Gasteiger partial charge in [-0.05, 0) is 42.4 Å². The molecule has 0 heterocycles. The number of benzene rings is 2. The summed E-state index contributed by atoms with van der Waals surface area (Å²) in [5.41, 5.74) is -2.36. The predicted molar refractivity (Wildman–Crippen MR) is 111 cm³/mol. The smallest absolute Gasteiger partial charge is 0.429 e. The number of aryl methyl sites for hydroxylation is 1. The van der Waals surface area contributed by atoms with Crippen molar-refractivity contribution in [3.05, 3.63) is 64.2 Å². The van der Waals surface area contributed by atoms with E-state index in [1.165, 1.54) is 12.5 Å². The highest BCUT2D eigenvalue weighted by atomic mass is 19.3. The SMILES string of the molecule is CCCC1CCC(CCc2cc(F)c(C(F)(F)Oc3cc(F)c(C#N)c(F)c3)c(F)c2)CC1. The van der Waals surface area contributed by atoms with E-state index in [-0.39, 0.29) is 5.56 Å². The van der Waals surface area contributed by atoms with Crippen LogP contribution in [0, 0.1) is 46.4 Å². The largest absolute Gasteiger partial charge is 0.432 e. The molecule has 8 heteroatoms. The third kappa shape index (κ3) is 6.01. The average Bonchev–Trinajstić information content (AvgIpc) is 2.72. The van der Waals surface area contributed by atoms with E-state index in [1.54, 1.807) is 0 Å². The van der Waals surface area contributed by atoms with Gasteiger partial charge >= 0.3 is 6.11 Å². The van der Waals surface area contributed by atoms with Crippen LogP contribution in [-0.4, -0.2) is 0 Å². The summed E-state index contributed by atoms with van der Waals surface area (Å²) in [5, 5.41) is 8.64. The van der Waals surface area contributed by atoms with Gasteiger partial charge in [-0.2, -0.15) is 14.0 Å². The number of hydrogen-bond acceptors (Lipinski definition) is 2. The van der Waals surface area contributed by atoms with Crippen LogP contribution < -0.4 is 4.74 Å². The van der Waals surface area contributed by atoms with Gasteiger partial charge < -0.3 is 4.74 Å². The molecule has 0 radical (unpaired) electrons. The molecule has 178 valence electrons. The molecule has 0 atom stereocenters. The first-order valence-electron chi connectivity index (χ1n) is 11.1. The molecular weight excluding hydrogens is 444 g/mol. The number of rotatable bonds is 8. The summed E-state index contributed by atoms with van der Waals surface area (Å²) >= 11 is 0. The molecule has 0 saturated heterocycles. The quantitative estimate of drug-likeness (QED) is 0.370. The summed E-state index contributed by atoms with van der Waals surface area (Å²) in [6.45, 7) is 2.16. The lowest BCUT2D eigenvalue weighted by atomic mass is 9.78. The van der Waals surface area contributed by atoms with Crippen LogP contribution in [-0.2, 0) is 12.5 Å². The number of nitrogens with zero attached hydrogens (tertiary/aromatic N) is 1. The molecule has 0 bridgehead atoms. The zero-order chi connectivity index (χ0) is 24.2. The van der Waals surface area contributed by atoms with Gasteiger partial charge in [0.25, 0.3) is 0 Å². The Bertz CT molecular complexity index is 978. The van der Waals surface area contributed by atoms with Gasteiger partial charge in [0, 0.05) is 12.1 Å². The standard InChI is InChI=1S/C25H25F6NO/c1-2-3-15-4-6-16(7-5-15)8-9-17-10-22(28)24(23(29)11-17)25(30,31)33-18-12-20(26)19(14-32)21(27)13-18/h10-13,15-16H,2-9H2,1H3. The van der Waals surface area contributed by atoms with Crippen LogP contribution in [0.1, 0.15) is 68.6 Å². The minimum Gasteiger partial charge on any atom is -0.429 e. The van der Waals surface area contributed by atoms with Crippen LogP contribution in [0.3, 0.4) is 0 Å². The van der Waals surface area contributed by atoms with Gasteiger partial charge in [-0.15, -0.1) is 0 Å². The summed E-state index contributed by atoms with van der Waals surface area (Å²) in [4.78, 5) is 0. The van der Waals surface area contributed by atoms with E-state index in [2.05, 4.69) is 11.7 Å². The van der Waals surface area contributed by atoms with Crippen LogP contribution in [0.15, 0.2) is 24.3 Å². The van der Waals surface area contributed by atoms with Gasteiger partial charge in [-0.3, -0.25) is 0 Å². The third-order valence-corrected chi connectivity index (χ3v) is 6.27. The fourth-order valence-corrected chi connectivity index (χ4v) is 4.55. The lowest BCUT2D eigenvalue weighted by Gasteiger charge is -2.28. The van der Waals surface area contributed by atoms with E-state index in [4.69, 9.17) is 5.26 Å². The van der Waals surface area contributed by atoms with Crippen molar-refractivity contribution in [2.45, 2.75) is 64.4 Å². The molecule has 0 aromatic heterocycles. The second kappa shape index (κ2) is 10.5. The highest BCUT2D eigenvalue weighted by molar-refractivity contribution is 5.38. The molecule has 33 heavy (non-hydrogen) atoms. The van der Waals surface area contributed by atoms with Crippen molar-refractivity contribution in [1.29, 1.82) is 5.26 Å². The van der Waals surface area contributed by atoms with E-state index >= 15 is 0 Å². The van der Waals surface area contributed by atoms with Crippen molar-refractivity contribution < 1.29 is 31.1 Å². The van der Waals surface area contributed by atoms with Gasteiger partial charge in [-0.25, -0.2) is 17.6 Å². The first kappa shape index (κ1) is 24.9. The molecule has 2 aromatic rings. The van der Waals surface area contributed by atoms with Gasteiger partial charge in [-0.1, -0.05) is 45.4 Å². The lowest BCUT2D eigenvalue weighted by molar-refractivity contribution is -0.189. The topological polar surface area (TPSA) is 33.0 Å². The monoisotopic (exact) mass is 469 g/mol. The van der Waals surface area contributed by atoms with Crippen LogP contribution in [0.5, 0.6) is 5.75 Å². The van der Waals surface area contributed by atoms with Crippen molar-refractivity contribution in [2.75, 3.05) is 0 Å². The summed E-state index contributed by atoms with van der Waals surface area (Å²) in [5.74, 6) is -5.69. The van der Waals surface area contributed by atoms with Gasteiger partial charge in [0.15, 0.2) is 0 Å². The van der Waals surface area contributed by atoms with Gasteiger partial charge in [0.2, 0.25) is 0 Å². The van der Waals surface area contributed by atoms with E-state index in [1.807, 2.05) is 0 Å². The molecule has 0 spiro atoms. The second-order valence-corrected chi connectivity index (χ2v) is 8.64. The van der Waals surface area contributed by atoms with E-state index < -0.39 is 46.3 Å². The molecule has 0 N–H and O–H groups in total. The number of ether oxygens (including phenoxy) is 1. The Kier molecular flexibility index (Phi) is 7.93. The van der Waals surface area contributed by atoms with Crippen molar-refractivity contribution >= 4 is 0 Å². The van der Waals surface area contributed by atoms with Crippen molar-refractivity contribution in [1.82, 2.24) is 0 Å². The van der Waals surface area contributed by atoms with Crippen molar-refractivity contribution in [3.8, 4) is 11.8 Å². The molecule has 1 aliphatic carbocycles. The Morgan fingerprint density at radius 2 is 1.39 bits per heavy atom. The maximum absolute atomic E-state index is 14.5. The Morgan fingerprint density at radius 3 is 1.88 bits per heavy atom. The first-order chi connectivity index (χ1) is 15.6. The predicted octanol–water partition coefficient (Wildman–Crippen LogP) is 7.78. The number of halogens is 6. The third-order valence-electron chi connectivity index (χ3n) is 6.27. The van der Waals surface area contributed by atoms with Gasteiger partial charge in [0.05, 0.1) is 0 Å². The highest BCUT2D eigenvalue weighted by Gasteiger charge is 2.41. The molecule has 0 unspecified atom stereocenters. The zero-order valence-electron chi connectivity index (χ0n) is 18.2. The number of hydrogen-bond donors (Lipinski definition) is 0. The normalized spacial score (nSPS) is 18.7. The molecular formula is C25H25F6NO. The summed E-state index contributed by atoms with van der Waals surface area (Å²) in [7, 11) is 0. The second-order valence-electron chi connectivity index (χ2n) is 8.64. The van der Waals surface area contributed by atoms with Crippen LogP contribution >= 0.6 is 0 Å². The molecule has 1 aliphatic rings. The van der Waals surface area contributed by atoms with Crippen LogP contribution in [0.2, 0.25) is 0 Å². The Balaban J connectivity index is 1.70. The molecule has 1 saturated carbocycles. The Labute approximate surface area is 189 Å². The Hall–Kier alpha value is -2.69. The minimum absolute atomic E-state index is 0.260. The van der Waals surface area contributed by atoms with Crippen LogP contribution in [0.4, 0.5) is 26.3 Å². The number of alkyl halides is 2. The summed E-state index contributed by atoms with van der Waals surface area (Å²) < 4.78 is 89.6. The maximum Gasteiger partial charge on any atom is 0.432 e. The molecule has 2 nitrogen and oxygen atoms in total. The van der Waals surface area contributed by atoms with Gasteiger partial charge in [0.1, 0.15) is 46.2 Å². The summed E-state index contributed by atoms with van der Waals surface area (Å²) in [6, 6.07) is 3.64. The van der Waals surface area contributed by atoms with Crippen molar-refractivity contribution in [3.63, 3.8) is 0 Å². The molecule has 0 aliphatic heterocycles.